The van der Waals surface area contributed by atoms with Crippen molar-refractivity contribution in [1.82, 2.24) is 14.3 Å². The maximum absolute atomic E-state index is 11.4. The summed E-state index contributed by atoms with van der Waals surface area (Å²) >= 11 is 0. The smallest absolute Gasteiger partial charge is 0.279 e. The Morgan fingerprint density at radius 1 is 1.31 bits per heavy atom. The van der Waals surface area contributed by atoms with E-state index in [0.29, 0.717) is 11.8 Å². The lowest BCUT2D eigenvalue weighted by atomic mass is 10.4. The molecule has 1 aliphatic carbocycles. The van der Waals surface area contributed by atoms with Crippen molar-refractivity contribution in [3.05, 3.63) is 0 Å². The quantitative estimate of drug-likeness (QED) is 0.596. The van der Waals surface area contributed by atoms with Crippen LogP contribution in [0.25, 0.3) is 0 Å². The van der Waals surface area contributed by atoms with Crippen molar-refractivity contribution in [3.8, 4) is 0 Å². The van der Waals surface area contributed by atoms with Gasteiger partial charge in [-0.15, -0.1) is 0 Å². The molecule has 2 N–H and O–H groups in total. The molecule has 1 saturated heterocycles. The molecule has 2 rings (SSSR count). The van der Waals surface area contributed by atoms with E-state index in [1.165, 1.54) is 4.31 Å². The van der Waals surface area contributed by atoms with Gasteiger partial charge in [0.15, 0.2) is 0 Å². The molecule has 2 unspecified atom stereocenters. The van der Waals surface area contributed by atoms with Crippen LogP contribution in [0.5, 0.6) is 0 Å². The lowest BCUT2D eigenvalue weighted by Crippen LogP contribution is -2.40. The lowest BCUT2D eigenvalue weighted by Gasteiger charge is -2.13. The Kier molecular flexibility index (Phi) is 2.10. The fourth-order valence-corrected chi connectivity index (χ4v) is 2.77. The van der Waals surface area contributed by atoms with Crippen LogP contribution in [-0.2, 0) is 10.2 Å². The first-order valence-electron chi connectivity index (χ1n) is 4.43. The van der Waals surface area contributed by atoms with Gasteiger partial charge in [-0.1, -0.05) is 0 Å². The molecule has 5 nitrogen and oxygen atoms in total. The molecular formula is C7H15N3O2S. The second-order valence-electron chi connectivity index (χ2n) is 3.92. The average molecular weight is 205 g/mol. The van der Waals surface area contributed by atoms with Gasteiger partial charge in [-0.3, -0.25) is 0 Å². The van der Waals surface area contributed by atoms with Gasteiger partial charge < -0.3 is 5.32 Å². The fourth-order valence-electron chi connectivity index (χ4n) is 1.87. The van der Waals surface area contributed by atoms with Crippen LogP contribution in [0.1, 0.15) is 0 Å². The van der Waals surface area contributed by atoms with Gasteiger partial charge in [0.25, 0.3) is 10.2 Å². The summed E-state index contributed by atoms with van der Waals surface area (Å²) in [6.45, 7) is 1.90. The summed E-state index contributed by atoms with van der Waals surface area (Å²) in [6.07, 6.45) is 0. The maximum Gasteiger partial charge on any atom is 0.279 e. The summed E-state index contributed by atoms with van der Waals surface area (Å²) < 4.78 is 26.7. The van der Waals surface area contributed by atoms with Crippen LogP contribution in [0.15, 0.2) is 0 Å². The molecule has 13 heavy (non-hydrogen) atoms. The zero-order chi connectivity index (χ0) is 9.64. The van der Waals surface area contributed by atoms with Gasteiger partial charge in [0, 0.05) is 20.1 Å². The molecule has 1 aliphatic heterocycles. The lowest BCUT2D eigenvalue weighted by molar-refractivity contribution is 0.496. The van der Waals surface area contributed by atoms with Gasteiger partial charge >= 0.3 is 0 Å². The molecule has 1 saturated carbocycles. The van der Waals surface area contributed by atoms with E-state index in [9.17, 15) is 8.42 Å². The first-order chi connectivity index (χ1) is 6.02. The van der Waals surface area contributed by atoms with E-state index in [1.54, 1.807) is 14.1 Å². The number of fused-ring (bicyclic) bond motifs is 1. The molecular weight excluding hydrogens is 190 g/mol. The van der Waals surface area contributed by atoms with E-state index in [4.69, 9.17) is 0 Å². The summed E-state index contributed by atoms with van der Waals surface area (Å²) in [5.74, 6) is 1.05. The van der Waals surface area contributed by atoms with Crippen molar-refractivity contribution < 1.29 is 8.42 Å². The monoisotopic (exact) mass is 205 g/mol. The Bertz CT molecular complexity index is 291. The first-order valence-corrected chi connectivity index (χ1v) is 5.87. The molecule has 0 aromatic heterocycles. The number of hydrogen-bond acceptors (Lipinski definition) is 3. The maximum atomic E-state index is 11.4. The molecule has 0 aromatic rings. The molecule has 2 aliphatic rings. The van der Waals surface area contributed by atoms with E-state index in [1.807, 2.05) is 0 Å². The highest BCUT2D eigenvalue weighted by atomic mass is 32.2. The minimum absolute atomic E-state index is 0.175. The van der Waals surface area contributed by atoms with Crippen LogP contribution < -0.4 is 10.0 Å². The zero-order valence-corrected chi connectivity index (χ0v) is 8.63. The summed E-state index contributed by atoms with van der Waals surface area (Å²) in [5.41, 5.74) is 0. The van der Waals surface area contributed by atoms with Crippen LogP contribution in [0.4, 0.5) is 0 Å². The number of nitrogens with one attached hydrogen (secondary N) is 2. The van der Waals surface area contributed by atoms with Crippen molar-refractivity contribution in [2.75, 3.05) is 27.2 Å². The van der Waals surface area contributed by atoms with Crippen molar-refractivity contribution in [2.45, 2.75) is 6.04 Å². The molecule has 0 radical (unpaired) electrons. The Balaban J connectivity index is 1.94. The standard InChI is InChI=1S/C7H15N3O2S/c1-10(2)13(11,12)9-7-5-3-8-4-6(5)7/h5-9H,3-4H2,1-2H3. The molecule has 1 heterocycles. The number of nitrogens with zero attached hydrogens (tertiary/aromatic N) is 1. The van der Waals surface area contributed by atoms with Crippen LogP contribution in [0.2, 0.25) is 0 Å². The van der Waals surface area contributed by atoms with Crippen molar-refractivity contribution >= 4 is 10.2 Å². The third-order valence-corrected chi connectivity index (χ3v) is 4.39. The minimum atomic E-state index is -3.22. The predicted octanol–water partition coefficient (Wildman–Crippen LogP) is -1.40. The first kappa shape index (κ1) is 9.39. The van der Waals surface area contributed by atoms with Crippen LogP contribution in [0, 0.1) is 11.8 Å². The summed E-state index contributed by atoms with van der Waals surface area (Å²) in [7, 11) is -0.141. The number of piperidine rings is 1. The topological polar surface area (TPSA) is 61.4 Å². The van der Waals surface area contributed by atoms with Gasteiger partial charge in [0.2, 0.25) is 0 Å². The van der Waals surface area contributed by atoms with E-state index in [2.05, 4.69) is 10.0 Å². The van der Waals surface area contributed by atoms with Gasteiger partial charge in [0.05, 0.1) is 0 Å². The molecule has 0 spiro atoms. The average Bonchev–Trinajstić information content (AvgIpc) is 2.49. The van der Waals surface area contributed by atoms with Crippen molar-refractivity contribution in [1.29, 1.82) is 0 Å². The van der Waals surface area contributed by atoms with Crippen LogP contribution in [0.3, 0.4) is 0 Å². The SMILES string of the molecule is CN(C)S(=O)(=O)NC1C2CNCC21. The third kappa shape index (κ3) is 1.59. The zero-order valence-electron chi connectivity index (χ0n) is 7.82. The summed E-state index contributed by atoms with van der Waals surface area (Å²) in [5, 5.41) is 3.22. The second kappa shape index (κ2) is 2.91. The largest absolute Gasteiger partial charge is 0.316 e. The van der Waals surface area contributed by atoms with Gasteiger partial charge in [-0.05, 0) is 24.9 Å². The van der Waals surface area contributed by atoms with Gasteiger partial charge in [-0.2, -0.15) is 17.4 Å². The Morgan fingerprint density at radius 2 is 1.85 bits per heavy atom. The summed E-state index contributed by atoms with van der Waals surface area (Å²) in [4.78, 5) is 0. The number of rotatable bonds is 3. The van der Waals surface area contributed by atoms with E-state index in [0.717, 1.165) is 13.1 Å². The van der Waals surface area contributed by atoms with Crippen LogP contribution >= 0.6 is 0 Å². The molecule has 6 heteroatoms. The van der Waals surface area contributed by atoms with E-state index in [-0.39, 0.29) is 6.04 Å². The van der Waals surface area contributed by atoms with Crippen molar-refractivity contribution in [2.24, 2.45) is 11.8 Å². The van der Waals surface area contributed by atoms with Gasteiger partial charge in [0.1, 0.15) is 0 Å². The molecule has 0 bridgehead atoms. The Labute approximate surface area is 78.7 Å². The third-order valence-electron chi connectivity index (χ3n) is 2.86. The number of hydrogen-bond donors (Lipinski definition) is 2. The van der Waals surface area contributed by atoms with E-state index >= 15 is 0 Å². The summed E-state index contributed by atoms with van der Waals surface area (Å²) in [6, 6.07) is 0.175. The minimum Gasteiger partial charge on any atom is -0.316 e. The highest BCUT2D eigenvalue weighted by Crippen LogP contribution is 2.41. The fraction of sp³-hybridized carbons (Fsp3) is 1.00. The molecule has 76 valence electrons. The second-order valence-corrected chi connectivity index (χ2v) is 5.83. The normalized spacial score (nSPS) is 37.9. The Hall–Kier alpha value is -0.170. The highest BCUT2D eigenvalue weighted by Gasteiger charge is 2.54. The van der Waals surface area contributed by atoms with E-state index < -0.39 is 10.2 Å². The Morgan fingerprint density at radius 3 is 2.31 bits per heavy atom. The molecule has 0 amide bonds. The van der Waals surface area contributed by atoms with Crippen LogP contribution in [-0.4, -0.2) is 45.9 Å². The van der Waals surface area contributed by atoms with Gasteiger partial charge in [-0.25, -0.2) is 0 Å². The highest BCUT2D eigenvalue weighted by molar-refractivity contribution is 7.87. The van der Waals surface area contributed by atoms with Crippen molar-refractivity contribution in [3.63, 3.8) is 0 Å². The predicted molar refractivity (Wildman–Crippen MR) is 49.4 cm³/mol. The molecule has 2 fully saturated rings. The molecule has 2 atom stereocenters. The molecule has 0 aromatic carbocycles.